The molecule has 5 N–H and O–H groups in total. The van der Waals surface area contributed by atoms with Crippen LogP contribution in [-0.4, -0.2) is 41.8 Å². The molecule has 0 amide bonds. The van der Waals surface area contributed by atoms with Crippen LogP contribution >= 0.6 is 0 Å². The number of carbonyl (C=O) groups is 1. The van der Waals surface area contributed by atoms with E-state index in [-0.39, 0.29) is 11.0 Å². The maximum atomic E-state index is 10.3. The van der Waals surface area contributed by atoms with Gasteiger partial charge < -0.3 is 16.1 Å². The van der Waals surface area contributed by atoms with E-state index in [9.17, 15) is 14.9 Å². The second kappa shape index (κ2) is 6.60. The Labute approximate surface area is 92.0 Å². The van der Waals surface area contributed by atoms with Crippen molar-refractivity contribution in [3.8, 4) is 0 Å². The highest BCUT2D eigenvalue weighted by Gasteiger charge is 2.12. The largest absolute Gasteiger partial charge is 0.481 e. The van der Waals surface area contributed by atoms with Crippen LogP contribution in [0.1, 0.15) is 0 Å². The van der Waals surface area contributed by atoms with Crippen LogP contribution in [0.15, 0.2) is 0 Å². The minimum absolute atomic E-state index is 0. The summed E-state index contributed by atoms with van der Waals surface area (Å²) >= 11 is 0. The maximum absolute atomic E-state index is 10.3. The minimum atomic E-state index is -1.29. The van der Waals surface area contributed by atoms with Crippen molar-refractivity contribution in [2.24, 2.45) is 0 Å². The minimum Gasteiger partial charge on any atom is -0.481 e. The van der Waals surface area contributed by atoms with Gasteiger partial charge in [0, 0.05) is 0 Å². The normalized spacial score (nSPS) is 8.18. The predicted molar refractivity (Wildman–Crippen MR) is 49.6 cm³/mol. The molecule has 0 spiro atoms. The smallest absolute Gasteiger partial charge is 0.435 e. The summed E-state index contributed by atoms with van der Waals surface area (Å²) in [6.45, 7) is -0.671. The number of aliphatic carboxylic acids is 1. The molecule has 13 heteroatoms. The zero-order valence-corrected chi connectivity index (χ0v) is 8.01. The molecule has 1 heterocycles. The first-order valence-electron chi connectivity index (χ1n) is 3.40. The first kappa shape index (κ1) is 16.6. The van der Waals surface area contributed by atoms with E-state index in [0.717, 1.165) is 0 Å². The van der Waals surface area contributed by atoms with Crippen LogP contribution < -0.4 is 0 Å². The van der Waals surface area contributed by atoms with E-state index in [4.69, 9.17) is 10.5 Å². The molecule has 0 aliphatic carbocycles. The number of aromatic nitrogens is 3. The van der Waals surface area contributed by atoms with Gasteiger partial charge in [-0.15, -0.1) is 0 Å². The molecule has 1 rings (SSSR count). The summed E-state index contributed by atoms with van der Waals surface area (Å²) < 4.78 is 0.625. The van der Waals surface area contributed by atoms with Gasteiger partial charge >= 0.3 is 11.9 Å². The van der Waals surface area contributed by atoms with E-state index in [2.05, 4.69) is 20.5 Å². The average molecular weight is 249 g/mol. The van der Waals surface area contributed by atoms with Crippen molar-refractivity contribution < 1.29 is 25.9 Å². The lowest BCUT2D eigenvalue weighted by atomic mass is 10.7. The number of nitro groups is 1. The third-order valence-corrected chi connectivity index (χ3v) is 1.19. The molecule has 0 aliphatic rings. The van der Waals surface area contributed by atoms with Crippen molar-refractivity contribution in [1.82, 2.24) is 14.8 Å². The number of diazo groups is 1. The molecular weight excluding hydrogens is 242 g/mol. The van der Waals surface area contributed by atoms with Gasteiger partial charge in [0.1, 0.15) is 17.5 Å². The van der Waals surface area contributed by atoms with E-state index < -0.39 is 29.4 Å². The van der Waals surface area contributed by atoms with Gasteiger partial charge in [-0.2, -0.15) is 0 Å². The Kier molecular flexibility index (Phi) is 6.44. The van der Waals surface area contributed by atoms with Crippen LogP contribution in [0.2, 0.25) is 0 Å². The molecular formula is C4H7N7O6. The molecule has 13 nitrogen and oxygen atoms in total. The van der Waals surface area contributed by atoms with Crippen LogP contribution in [0, 0.1) is 15.5 Å². The molecule has 94 valence electrons. The average Bonchev–Trinajstić information content (AvgIpc) is 2.46. The summed E-state index contributed by atoms with van der Waals surface area (Å²) in [5.41, 5.74) is 2.76. The molecule has 17 heavy (non-hydrogen) atoms. The van der Waals surface area contributed by atoms with Crippen molar-refractivity contribution in [1.29, 1.82) is 5.39 Å². The fourth-order valence-electron chi connectivity index (χ4n) is 0.746. The van der Waals surface area contributed by atoms with Crippen molar-refractivity contribution >= 4 is 17.9 Å². The topological polar surface area (TPSA) is 216 Å². The molecule has 0 radical (unpaired) electrons. The molecule has 0 saturated heterocycles. The lowest BCUT2D eigenvalue weighted by Gasteiger charge is -2.02. The number of carboxylic acids is 1. The summed E-state index contributed by atoms with van der Waals surface area (Å²) in [5.74, 6) is -2.35. The van der Waals surface area contributed by atoms with Crippen LogP contribution in [0.4, 0.5) is 11.9 Å². The maximum Gasteiger partial charge on any atom is 0.435 e. The standard InChI is InChI=1S/C4H3N7O4.2H2O/c5-7-3-6-4(9-11(14)15)10(8-3)1-2(12)13;;/h1H2,(H-,6,8,9,12,13);2*1H2. The van der Waals surface area contributed by atoms with Crippen molar-refractivity contribution in [3.63, 3.8) is 0 Å². The lowest BCUT2D eigenvalue weighted by Crippen LogP contribution is -2.10. The van der Waals surface area contributed by atoms with Crippen molar-refractivity contribution in [2.75, 3.05) is 0 Å². The fraction of sp³-hybridized carbons (Fsp3) is 0.250. The summed E-state index contributed by atoms with van der Waals surface area (Å²) in [5, 5.41) is 29.0. The molecule has 0 bridgehead atoms. The second-order valence-corrected chi connectivity index (χ2v) is 2.20. The SMILES string of the molecule is N#[N+]c1nc([N-][N+](=O)[O-])n(CC(=O)O)n1.O.O. The number of carboxylic acid groups (broad SMARTS) is 1. The van der Waals surface area contributed by atoms with Gasteiger partial charge in [-0.05, 0) is 10.1 Å². The number of nitrogens with zero attached hydrogens (tertiary/aromatic N) is 7. The Morgan fingerprint density at radius 1 is 1.65 bits per heavy atom. The Bertz CT molecular complexity index is 414. The van der Waals surface area contributed by atoms with E-state index in [1.54, 1.807) is 0 Å². The van der Waals surface area contributed by atoms with Crippen LogP contribution in [0.5, 0.6) is 0 Å². The van der Waals surface area contributed by atoms with Gasteiger partial charge in [-0.25, -0.2) is 14.8 Å². The van der Waals surface area contributed by atoms with Gasteiger partial charge in [0.05, 0.1) is 5.39 Å². The van der Waals surface area contributed by atoms with Crippen molar-refractivity contribution in [2.45, 2.75) is 6.54 Å². The van der Waals surface area contributed by atoms with Crippen molar-refractivity contribution in [3.05, 3.63) is 20.5 Å². The third-order valence-electron chi connectivity index (χ3n) is 1.19. The van der Waals surface area contributed by atoms with Gasteiger partial charge in [0.15, 0.2) is 0 Å². The van der Waals surface area contributed by atoms with E-state index in [1.807, 2.05) is 0 Å². The monoisotopic (exact) mass is 249 g/mol. The molecule has 0 aromatic carbocycles. The molecule has 0 fully saturated rings. The van der Waals surface area contributed by atoms with Gasteiger partial charge in [-0.3, -0.25) is 9.78 Å². The summed E-state index contributed by atoms with van der Waals surface area (Å²) in [6, 6.07) is 0. The fourth-order valence-corrected chi connectivity index (χ4v) is 0.746. The number of hydrogen-bond acceptors (Lipinski definition) is 6. The van der Waals surface area contributed by atoms with Gasteiger partial charge in [-0.1, -0.05) is 5.43 Å². The highest BCUT2D eigenvalue weighted by atomic mass is 16.7. The van der Waals surface area contributed by atoms with E-state index in [1.165, 1.54) is 0 Å². The summed E-state index contributed by atoms with van der Waals surface area (Å²) in [7, 11) is 0. The third kappa shape index (κ3) is 4.46. The second-order valence-electron chi connectivity index (χ2n) is 2.20. The zero-order chi connectivity index (χ0) is 11.4. The van der Waals surface area contributed by atoms with Crippen LogP contribution in [-0.2, 0) is 11.3 Å². The Balaban J connectivity index is 0. The highest BCUT2D eigenvalue weighted by molar-refractivity contribution is 5.67. The molecule has 0 saturated carbocycles. The summed E-state index contributed by atoms with van der Waals surface area (Å²) in [6.07, 6.45) is 0. The number of hydrogen-bond donors (Lipinski definition) is 1. The molecule has 1 aromatic rings. The molecule has 1 aromatic heterocycles. The predicted octanol–water partition coefficient (Wildman–Crippen LogP) is -1.61. The Morgan fingerprint density at radius 2 is 2.24 bits per heavy atom. The molecule has 0 atom stereocenters. The Hall–Kier alpha value is -2.85. The Morgan fingerprint density at radius 3 is 2.65 bits per heavy atom. The lowest BCUT2D eigenvalue weighted by molar-refractivity contribution is -0.419. The quantitative estimate of drug-likeness (QED) is 0.373. The summed E-state index contributed by atoms with van der Waals surface area (Å²) in [4.78, 5) is 26.2. The van der Waals surface area contributed by atoms with E-state index in [0.29, 0.717) is 4.68 Å². The number of rotatable bonds is 4. The molecule has 0 aliphatic heterocycles. The van der Waals surface area contributed by atoms with Crippen LogP contribution in [0.25, 0.3) is 10.4 Å². The van der Waals surface area contributed by atoms with Crippen LogP contribution in [0.3, 0.4) is 0 Å². The first-order valence-corrected chi connectivity index (χ1v) is 3.40. The van der Waals surface area contributed by atoms with Gasteiger partial charge in [0.25, 0.3) is 0 Å². The van der Waals surface area contributed by atoms with E-state index >= 15 is 0 Å². The first-order chi connectivity index (χ1) is 7.02. The van der Waals surface area contributed by atoms with Gasteiger partial charge in [0.2, 0.25) is 0 Å². The zero-order valence-electron chi connectivity index (χ0n) is 8.01. The highest BCUT2D eigenvalue weighted by Crippen LogP contribution is 2.18. The molecule has 0 unspecified atom stereocenters.